The Bertz CT molecular complexity index is 823. The average Bonchev–Trinajstić information content (AvgIpc) is 3.05. The van der Waals surface area contributed by atoms with Crippen LogP contribution in [0.25, 0.3) is 0 Å². The lowest BCUT2D eigenvalue weighted by Crippen LogP contribution is -2.18. The second kappa shape index (κ2) is 7.43. The van der Waals surface area contributed by atoms with Crippen LogP contribution >= 0.6 is 15.9 Å². The van der Waals surface area contributed by atoms with E-state index in [0.717, 1.165) is 10.0 Å². The van der Waals surface area contributed by atoms with Gasteiger partial charge in [-0.25, -0.2) is 4.79 Å². The number of para-hydroxylation sites is 1. The first-order chi connectivity index (χ1) is 12.0. The number of halogens is 1. The molecule has 0 saturated heterocycles. The van der Waals surface area contributed by atoms with Gasteiger partial charge in [0.25, 0.3) is 5.91 Å². The number of hydrogen-bond donors (Lipinski definition) is 1. The van der Waals surface area contributed by atoms with Crippen LogP contribution in [0.4, 0.5) is 0 Å². The van der Waals surface area contributed by atoms with E-state index in [-0.39, 0.29) is 31.3 Å². The van der Waals surface area contributed by atoms with Gasteiger partial charge in [-0.1, -0.05) is 28.1 Å². The van der Waals surface area contributed by atoms with Gasteiger partial charge in [-0.2, -0.15) is 0 Å². The molecule has 1 amide bonds. The molecule has 2 aromatic carbocycles. The fourth-order valence-corrected chi connectivity index (χ4v) is 2.64. The molecular weight excluding hydrogens is 394 g/mol. The molecule has 0 atom stereocenters. The third-order valence-corrected chi connectivity index (χ3v) is 4.17. The van der Waals surface area contributed by atoms with Gasteiger partial charge in [0.1, 0.15) is 12.4 Å². The van der Waals surface area contributed by atoms with Crippen molar-refractivity contribution in [1.82, 2.24) is 0 Å². The molecule has 0 saturated carbocycles. The third kappa shape index (κ3) is 4.03. The minimum atomic E-state index is -0.631. The lowest BCUT2D eigenvalue weighted by atomic mass is 10.2. The quantitative estimate of drug-likeness (QED) is 0.738. The van der Waals surface area contributed by atoms with Crippen molar-refractivity contribution in [2.45, 2.75) is 6.61 Å². The normalized spacial score (nSPS) is 11.9. The summed E-state index contributed by atoms with van der Waals surface area (Å²) in [6.45, 7) is -0.137. The molecule has 1 aliphatic heterocycles. The van der Waals surface area contributed by atoms with Gasteiger partial charge in [0, 0.05) is 10.0 Å². The predicted octanol–water partition coefficient (Wildman–Crippen LogP) is 2.40. The van der Waals surface area contributed by atoms with Gasteiger partial charge in [0.2, 0.25) is 6.79 Å². The Balaban J connectivity index is 1.57. The number of amides is 1. The van der Waals surface area contributed by atoms with Crippen molar-refractivity contribution in [3.63, 3.8) is 0 Å². The van der Waals surface area contributed by atoms with Crippen LogP contribution in [-0.2, 0) is 16.1 Å². The summed E-state index contributed by atoms with van der Waals surface area (Å²) in [5.74, 6) is 0.252. The van der Waals surface area contributed by atoms with E-state index in [2.05, 4.69) is 15.9 Å². The molecule has 0 aliphatic carbocycles. The van der Waals surface area contributed by atoms with Crippen LogP contribution in [0.15, 0.2) is 40.9 Å². The van der Waals surface area contributed by atoms with Crippen molar-refractivity contribution in [2.75, 3.05) is 13.4 Å². The SMILES string of the molecule is NC(=O)c1ccccc1OCC(=O)OCc1cc2c(cc1Br)OCO2. The summed E-state index contributed by atoms with van der Waals surface area (Å²) in [6.07, 6.45) is 0. The second-order valence-corrected chi connectivity index (χ2v) is 5.96. The van der Waals surface area contributed by atoms with Crippen LogP contribution in [0.1, 0.15) is 15.9 Å². The summed E-state index contributed by atoms with van der Waals surface area (Å²) in [5.41, 5.74) is 6.19. The second-order valence-electron chi connectivity index (χ2n) is 5.11. The summed E-state index contributed by atoms with van der Waals surface area (Å²) in [4.78, 5) is 23.2. The van der Waals surface area contributed by atoms with E-state index >= 15 is 0 Å². The predicted molar refractivity (Wildman–Crippen MR) is 90.5 cm³/mol. The minimum absolute atomic E-state index is 0.0386. The summed E-state index contributed by atoms with van der Waals surface area (Å²) < 4.78 is 21.8. The lowest BCUT2D eigenvalue weighted by molar-refractivity contribution is -0.147. The highest BCUT2D eigenvalue weighted by Crippen LogP contribution is 2.37. The van der Waals surface area contributed by atoms with E-state index in [1.165, 1.54) is 6.07 Å². The highest BCUT2D eigenvalue weighted by atomic mass is 79.9. The first kappa shape index (κ1) is 17.1. The van der Waals surface area contributed by atoms with Gasteiger partial charge in [-0.05, 0) is 24.3 Å². The number of rotatable bonds is 6. The largest absolute Gasteiger partial charge is 0.481 e. The molecule has 130 valence electrons. The van der Waals surface area contributed by atoms with Crippen LogP contribution in [0, 0.1) is 0 Å². The van der Waals surface area contributed by atoms with Crippen molar-refractivity contribution >= 4 is 27.8 Å². The molecule has 0 unspecified atom stereocenters. The molecular formula is C17H14BrNO6. The Hall–Kier alpha value is -2.74. The van der Waals surface area contributed by atoms with E-state index in [4.69, 9.17) is 24.7 Å². The van der Waals surface area contributed by atoms with Gasteiger partial charge >= 0.3 is 5.97 Å². The molecule has 2 N–H and O–H groups in total. The van der Waals surface area contributed by atoms with Crippen molar-refractivity contribution in [2.24, 2.45) is 5.73 Å². The smallest absolute Gasteiger partial charge is 0.344 e. The van der Waals surface area contributed by atoms with Crippen molar-refractivity contribution < 1.29 is 28.5 Å². The fraction of sp³-hybridized carbons (Fsp3) is 0.176. The molecule has 3 rings (SSSR count). The number of benzene rings is 2. The number of carbonyl (C=O) groups excluding carboxylic acids is 2. The maximum atomic E-state index is 11.9. The molecule has 2 aromatic rings. The summed E-state index contributed by atoms with van der Waals surface area (Å²) in [5, 5.41) is 0. The van der Waals surface area contributed by atoms with Gasteiger partial charge in [0.05, 0.1) is 5.56 Å². The zero-order chi connectivity index (χ0) is 17.8. The number of nitrogens with two attached hydrogens (primary N) is 1. The van der Waals surface area contributed by atoms with Gasteiger partial charge in [-0.15, -0.1) is 0 Å². The van der Waals surface area contributed by atoms with E-state index < -0.39 is 11.9 Å². The number of primary amides is 1. The molecule has 0 fully saturated rings. The van der Waals surface area contributed by atoms with Crippen LogP contribution in [0.3, 0.4) is 0 Å². The van der Waals surface area contributed by atoms with Gasteiger partial charge in [-0.3, -0.25) is 4.79 Å². The maximum absolute atomic E-state index is 11.9. The zero-order valence-corrected chi connectivity index (χ0v) is 14.6. The first-order valence-corrected chi connectivity index (χ1v) is 8.09. The van der Waals surface area contributed by atoms with Crippen LogP contribution in [-0.4, -0.2) is 25.3 Å². The van der Waals surface area contributed by atoms with Crippen molar-refractivity contribution in [3.05, 3.63) is 52.0 Å². The number of esters is 1. The zero-order valence-electron chi connectivity index (χ0n) is 13.0. The molecule has 1 aliphatic rings. The number of carbonyl (C=O) groups is 2. The number of fused-ring (bicyclic) bond motifs is 1. The van der Waals surface area contributed by atoms with Gasteiger partial charge < -0.3 is 24.7 Å². The summed E-state index contributed by atoms with van der Waals surface area (Å²) in [7, 11) is 0. The third-order valence-electron chi connectivity index (χ3n) is 3.43. The van der Waals surface area contributed by atoms with Crippen LogP contribution in [0.5, 0.6) is 17.2 Å². The van der Waals surface area contributed by atoms with Crippen molar-refractivity contribution in [3.8, 4) is 17.2 Å². The molecule has 0 radical (unpaired) electrons. The molecule has 0 bridgehead atoms. The highest BCUT2D eigenvalue weighted by molar-refractivity contribution is 9.10. The Labute approximate surface area is 151 Å². The Morgan fingerprint density at radius 3 is 2.64 bits per heavy atom. The summed E-state index contributed by atoms with van der Waals surface area (Å²) in [6, 6.07) is 9.90. The Kier molecular flexibility index (Phi) is 5.08. The number of hydrogen-bond acceptors (Lipinski definition) is 6. The highest BCUT2D eigenvalue weighted by Gasteiger charge is 2.17. The monoisotopic (exact) mass is 407 g/mol. The standard InChI is InChI=1S/C17H14BrNO6/c18-12-6-15-14(24-9-25-15)5-10(12)7-23-16(20)8-22-13-4-2-1-3-11(13)17(19)21/h1-6H,7-9H2,(H2,19,21). The Morgan fingerprint density at radius 2 is 1.88 bits per heavy atom. The Morgan fingerprint density at radius 1 is 1.16 bits per heavy atom. The van der Waals surface area contributed by atoms with E-state index in [0.29, 0.717) is 11.5 Å². The lowest BCUT2D eigenvalue weighted by Gasteiger charge is -2.10. The molecule has 7 nitrogen and oxygen atoms in total. The molecule has 1 heterocycles. The van der Waals surface area contributed by atoms with E-state index in [1.807, 2.05) is 0 Å². The topological polar surface area (TPSA) is 97.1 Å². The minimum Gasteiger partial charge on any atom is -0.481 e. The fourth-order valence-electron chi connectivity index (χ4n) is 2.20. The molecule has 25 heavy (non-hydrogen) atoms. The molecule has 0 aromatic heterocycles. The number of ether oxygens (including phenoxy) is 4. The van der Waals surface area contributed by atoms with Crippen LogP contribution < -0.4 is 19.9 Å². The van der Waals surface area contributed by atoms with Gasteiger partial charge in [0.15, 0.2) is 18.1 Å². The van der Waals surface area contributed by atoms with E-state index in [9.17, 15) is 9.59 Å². The van der Waals surface area contributed by atoms with E-state index in [1.54, 1.807) is 30.3 Å². The van der Waals surface area contributed by atoms with Crippen LogP contribution in [0.2, 0.25) is 0 Å². The average molecular weight is 408 g/mol. The first-order valence-electron chi connectivity index (χ1n) is 7.30. The molecule has 8 heteroatoms. The summed E-state index contributed by atoms with van der Waals surface area (Å²) >= 11 is 3.39. The van der Waals surface area contributed by atoms with Crippen molar-refractivity contribution in [1.29, 1.82) is 0 Å². The maximum Gasteiger partial charge on any atom is 0.344 e. The molecule has 0 spiro atoms.